The standard InChI is InChI=1S/C52H90O15/c1-3-5-7-9-11-13-15-17-19-21-22-24-26-28-30-32-34-43(54)62-37-40(65-44(55)35-33-31-29-27-25-23-20-18-16-14-12-10-8-6-4-2)38-63-51-50(61)48(59)46(57)42(67-51)39-64-52-49(60)47(58)45(56)41(36-53)66-52/h6,8,10,12,14,16,18,20,40-42,45-53,56-61H,3-5,7,9,11,13,15,17,19,21-39H2,1-2H3/b8-6+,12-10+,16-14+,20-18+/t40-,41+,42+,45-,46-,47?,48?,49?,50?,51+,52+/m0/s1. The third-order valence-electron chi connectivity index (χ3n) is 12.2. The summed E-state index contributed by atoms with van der Waals surface area (Å²) in [4.78, 5) is 25.8. The van der Waals surface area contributed by atoms with Gasteiger partial charge in [0.1, 0.15) is 55.4 Å². The molecule has 0 radical (unpaired) electrons. The van der Waals surface area contributed by atoms with Crippen molar-refractivity contribution in [2.45, 2.75) is 242 Å². The second kappa shape index (κ2) is 39.2. The Kier molecular flexibility index (Phi) is 35.5. The molecule has 67 heavy (non-hydrogen) atoms. The highest BCUT2D eigenvalue weighted by Gasteiger charge is 2.47. The predicted octanol–water partition coefficient (Wildman–Crippen LogP) is 7.10. The minimum Gasteiger partial charge on any atom is -0.462 e. The van der Waals surface area contributed by atoms with Gasteiger partial charge in [-0.25, -0.2) is 0 Å². The summed E-state index contributed by atoms with van der Waals surface area (Å²) < 4.78 is 33.6. The van der Waals surface area contributed by atoms with Gasteiger partial charge in [-0.05, 0) is 32.1 Å². The third-order valence-corrected chi connectivity index (χ3v) is 12.2. The van der Waals surface area contributed by atoms with Crippen molar-refractivity contribution in [2.75, 3.05) is 26.4 Å². The van der Waals surface area contributed by atoms with E-state index in [0.717, 1.165) is 57.8 Å². The molecule has 388 valence electrons. The molecule has 0 aromatic carbocycles. The van der Waals surface area contributed by atoms with Crippen LogP contribution in [0.1, 0.15) is 174 Å². The van der Waals surface area contributed by atoms with Crippen LogP contribution in [0.3, 0.4) is 0 Å². The zero-order valence-electron chi connectivity index (χ0n) is 40.9. The van der Waals surface area contributed by atoms with E-state index in [1.54, 1.807) is 0 Å². The van der Waals surface area contributed by atoms with Crippen molar-refractivity contribution in [3.8, 4) is 0 Å². The number of unbranched alkanes of at least 4 members (excludes halogenated alkanes) is 20. The fourth-order valence-electron chi connectivity index (χ4n) is 7.93. The Morgan fingerprint density at radius 1 is 0.493 bits per heavy atom. The number of aliphatic hydroxyl groups is 7. The number of hydrogen-bond donors (Lipinski definition) is 7. The van der Waals surface area contributed by atoms with E-state index in [0.29, 0.717) is 12.8 Å². The number of esters is 2. The molecule has 15 heteroatoms. The van der Waals surface area contributed by atoms with Gasteiger partial charge in [0.05, 0.1) is 19.8 Å². The lowest BCUT2D eigenvalue weighted by Gasteiger charge is -2.42. The van der Waals surface area contributed by atoms with E-state index >= 15 is 0 Å². The van der Waals surface area contributed by atoms with Crippen LogP contribution in [0.4, 0.5) is 0 Å². The van der Waals surface area contributed by atoms with E-state index in [2.05, 4.69) is 26.0 Å². The number of carbonyl (C=O) groups excluding carboxylic acids is 2. The first kappa shape index (κ1) is 60.6. The Morgan fingerprint density at radius 3 is 1.48 bits per heavy atom. The number of aliphatic hydroxyl groups excluding tert-OH is 7. The fourth-order valence-corrected chi connectivity index (χ4v) is 7.93. The van der Waals surface area contributed by atoms with Crippen LogP contribution >= 0.6 is 0 Å². The van der Waals surface area contributed by atoms with Crippen molar-refractivity contribution in [3.05, 3.63) is 48.6 Å². The summed E-state index contributed by atoms with van der Waals surface area (Å²) in [7, 11) is 0. The molecule has 2 aliphatic heterocycles. The largest absolute Gasteiger partial charge is 0.462 e. The van der Waals surface area contributed by atoms with Gasteiger partial charge in [-0.15, -0.1) is 0 Å². The molecule has 4 unspecified atom stereocenters. The zero-order chi connectivity index (χ0) is 48.9. The van der Waals surface area contributed by atoms with E-state index in [4.69, 9.17) is 28.4 Å². The van der Waals surface area contributed by atoms with Gasteiger partial charge in [0, 0.05) is 12.8 Å². The number of ether oxygens (including phenoxy) is 6. The minimum absolute atomic E-state index is 0.139. The topological polar surface area (TPSA) is 231 Å². The first-order valence-corrected chi connectivity index (χ1v) is 25.8. The molecule has 0 bridgehead atoms. The Hall–Kier alpha value is -2.54. The summed E-state index contributed by atoms with van der Waals surface area (Å²) in [6, 6.07) is 0. The van der Waals surface area contributed by atoms with Crippen molar-refractivity contribution in [1.82, 2.24) is 0 Å². The number of hydrogen-bond acceptors (Lipinski definition) is 15. The molecule has 2 aliphatic rings. The lowest BCUT2D eigenvalue weighted by molar-refractivity contribution is -0.332. The van der Waals surface area contributed by atoms with Crippen LogP contribution in [0.2, 0.25) is 0 Å². The fraction of sp³-hybridized carbons (Fsp3) is 0.808. The average Bonchev–Trinajstić information content (AvgIpc) is 3.32. The van der Waals surface area contributed by atoms with Crippen LogP contribution in [0.15, 0.2) is 48.6 Å². The highest BCUT2D eigenvalue weighted by Crippen LogP contribution is 2.26. The van der Waals surface area contributed by atoms with Crippen LogP contribution in [0.5, 0.6) is 0 Å². The molecule has 0 saturated carbocycles. The summed E-state index contributed by atoms with van der Waals surface area (Å²) >= 11 is 0. The first-order valence-electron chi connectivity index (χ1n) is 25.8. The molecule has 0 spiro atoms. The minimum atomic E-state index is -1.77. The molecule has 2 fully saturated rings. The smallest absolute Gasteiger partial charge is 0.306 e. The molecular formula is C52H90O15. The normalized spacial score (nSPS) is 26.3. The van der Waals surface area contributed by atoms with Crippen LogP contribution in [-0.2, 0) is 38.0 Å². The molecular weight excluding hydrogens is 865 g/mol. The van der Waals surface area contributed by atoms with Crippen LogP contribution in [-0.4, -0.2) is 142 Å². The van der Waals surface area contributed by atoms with Gasteiger partial charge in [-0.3, -0.25) is 9.59 Å². The van der Waals surface area contributed by atoms with E-state index < -0.39 is 99.3 Å². The SMILES string of the molecule is CC/C=C/C=C/C=C/C=C/CCCCCCCC(=O)O[C@@H](COC(=O)CCCCCCCCCCCCCCCCCC)CO[C@@H]1O[C@H](CO[C@@H]2O[C@H](CO)[C@H](O)C(O)C2O)[C@H](O)C(O)C1O. The summed E-state index contributed by atoms with van der Waals surface area (Å²) in [5.74, 6) is -0.949. The van der Waals surface area contributed by atoms with E-state index in [1.165, 1.54) is 77.0 Å². The summed E-state index contributed by atoms with van der Waals surface area (Å²) in [6.45, 7) is 2.43. The van der Waals surface area contributed by atoms with E-state index in [9.17, 15) is 45.3 Å². The zero-order valence-corrected chi connectivity index (χ0v) is 40.9. The molecule has 0 aliphatic carbocycles. The van der Waals surface area contributed by atoms with Crippen molar-refractivity contribution in [3.63, 3.8) is 0 Å². The van der Waals surface area contributed by atoms with Gasteiger partial charge in [-0.1, -0.05) is 178 Å². The average molecular weight is 955 g/mol. The molecule has 0 aromatic heterocycles. The second-order valence-corrected chi connectivity index (χ2v) is 18.1. The molecule has 2 rings (SSSR count). The van der Waals surface area contributed by atoms with Crippen LogP contribution in [0.25, 0.3) is 0 Å². The summed E-state index contributed by atoms with van der Waals surface area (Å²) in [6.07, 6.45) is 25.7. The monoisotopic (exact) mass is 955 g/mol. The second-order valence-electron chi connectivity index (χ2n) is 18.1. The van der Waals surface area contributed by atoms with Crippen molar-refractivity contribution in [2.24, 2.45) is 0 Å². The number of allylic oxidation sites excluding steroid dienone is 8. The quantitative estimate of drug-likeness (QED) is 0.0185. The molecule has 0 aromatic rings. The molecule has 15 nitrogen and oxygen atoms in total. The van der Waals surface area contributed by atoms with Crippen LogP contribution < -0.4 is 0 Å². The summed E-state index contributed by atoms with van der Waals surface area (Å²) in [5, 5.41) is 72.1. The summed E-state index contributed by atoms with van der Waals surface area (Å²) in [5.41, 5.74) is 0. The Bertz CT molecular complexity index is 1350. The maximum absolute atomic E-state index is 13.0. The molecule has 2 saturated heterocycles. The number of rotatable bonds is 39. The highest BCUT2D eigenvalue weighted by atomic mass is 16.7. The number of carbonyl (C=O) groups is 2. The molecule has 11 atom stereocenters. The van der Waals surface area contributed by atoms with Crippen LogP contribution in [0, 0.1) is 0 Å². The molecule has 0 amide bonds. The maximum Gasteiger partial charge on any atom is 0.306 e. The van der Waals surface area contributed by atoms with Gasteiger partial charge in [0.25, 0.3) is 0 Å². The van der Waals surface area contributed by atoms with Gasteiger partial charge in [0.15, 0.2) is 18.7 Å². The maximum atomic E-state index is 13.0. The molecule has 2 heterocycles. The highest BCUT2D eigenvalue weighted by molar-refractivity contribution is 5.70. The van der Waals surface area contributed by atoms with E-state index in [1.807, 2.05) is 36.5 Å². The lowest BCUT2D eigenvalue weighted by Crippen LogP contribution is -2.61. The van der Waals surface area contributed by atoms with Crippen molar-refractivity contribution < 1.29 is 73.8 Å². The van der Waals surface area contributed by atoms with Crippen molar-refractivity contribution >= 4 is 11.9 Å². The first-order chi connectivity index (χ1) is 32.5. The Morgan fingerprint density at radius 2 is 0.940 bits per heavy atom. The third kappa shape index (κ3) is 27.4. The lowest BCUT2D eigenvalue weighted by atomic mass is 9.98. The molecule has 7 N–H and O–H groups in total. The van der Waals surface area contributed by atoms with Gasteiger partial charge in [-0.2, -0.15) is 0 Å². The van der Waals surface area contributed by atoms with Crippen molar-refractivity contribution in [1.29, 1.82) is 0 Å². The Balaban J connectivity index is 1.82. The van der Waals surface area contributed by atoms with Gasteiger partial charge < -0.3 is 64.2 Å². The van der Waals surface area contributed by atoms with E-state index in [-0.39, 0.29) is 19.4 Å². The van der Waals surface area contributed by atoms with Gasteiger partial charge >= 0.3 is 11.9 Å². The van der Waals surface area contributed by atoms with Gasteiger partial charge in [0.2, 0.25) is 0 Å². The predicted molar refractivity (Wildman–Crippen MR) is 257 cm³/mol. The Labute approximate surface area is 401 Å².